The van der Waals surface area contributed by atoms with Crippen LogP contribution in [-0.2, 0) is 9.59 Å². The second kappa shape index (κ2) is 3.53. The summed E-state index contributed by atoms with van der Waals surface area (Å²) in [5.41, 5.74) is 5.16. The fourth-order valence-corrected chi connectivity index (χ4v) is 1.08. The SMILES string of the molecule is NCCNC(=O)[C@@H]1C[C@@H]1C(=O)O. The van der Waals surface area contributed by atoms with Crippen molar-refractivity contribution >= 4 is 11.9 Å². The second-order valence-corrected chi connectivity index (χ2v) is 2.87. The van der Waals surface area contributed by atoms with E-state index in [1.807, 2.05) is 0 Å². The lowest BCUT2D eigenvalue weighted by atomic mass is 10.3. The minimum absolute atomic E-state index is 0.187. The molecule has 0 spiro atoms. The van der Waals surface area contributed by atoms with E-state index >= 15 is 0 Å². The molecule has 2 atom stereocenters. The Hall–Kier alpha value is -1.10. The van der Waals surface area contributed by atoms with Gasteiger partial charge < -0.3 is 16.2 Å². The van der Waals surface area contributed by atoms with Crippen molar-refractivity contribution in [3.63, 3.8) is 0 Å². The summed E-state index contributed by atoms with van der Waals surface area (Å²) < 4.78 is 0. The number of carbonyl (C=O) groups excluding carboxylic acids is 1. The molecule has 1 aliphatic carbocycles. The van der Waals surface area contributed by atoms with Gasteiger partial charge in [0.2, 0.25) is 5.91 Å². The number of rotatable bonds is 4. The fourth-order valence-electron chi connectivity index (χ4n) is 1.08. The first-order valence-corrected chi connectivity index (χ1v) is 3.87. The molecule has 1 saturated carbocycles. The predicted octanol–water partition coefficient (Wildman–Crippen LogP) is -1.22. The van der Waals surface area contributed by atoms with E-state index in [1.165, 1.54) is 0 Å². The van der Waals surface area contributed by atoms with E-state index in [1.54, 1.807) is 0 Å². The highest BCUT2D eigenvalue weighted by Gasteiger charge is 2.48. The maximum absolute atomic E-state index is 11.0. The van der Waals surface area contributed by atoms with Gasteiger partial charge in [0.05, 0.1) is 11.8 Å². The highest BCUT2D eigenvalue weighted by Crippen LogP contribution is 2.38. The molecule has 12 heavy (non-hydrogen) atoms. The molecule has 0 bridgehead atoms. The van der Waals surface area contributed by atoms with Crippen molar-refractivity contribution in [2.75, 3.05) is 13.1 Å². The zero-order valence-electron chi connectivity index (χ0n) is 6.62. The Morgan fingerprint density at radius 3 is 2.58 bits per heavy atom. The van der Waals surface area contributed by atoms with Crippen molar-refractivity contribution in [2.45, 2.75) is 6.42 Å². The van der Waals surface area contributed by atoms with Gasteiger partial charge in [-0.3, -0.25) is 9.59 Å². The summed E-state index contributed by atoms with van der Waals surface area (Å²) in [5.74, 6) is -1.87. The van der Waals surface area contributed by atoms with Crippen molar-refractivity contribution in [1.82, 2.24) is 5.32 Å². The minimum atomic E-state index is -0.886. The van der Waals surface area contributed by atoms with E-state index < -0.39 is 11.9 Å². The average molecular weight is 172 g/mol. The first-order valence-electron chi connectivity index (χ1n) is 3.87. The maximum Gasteiger partial charge on any atom is 0.307 e. The lowest BCUT2D eigenvalue weighted by Crippen LogP contribution is -2.31. The summed E-state index contributed by atoms with van der Waals surface area (Å²) in [5, 5.41) is 11.0. The van der Waals surface area contributed by atoms with Crippen LogP contribution >= 0.6 is 0 Å². The second-order valence-electron chi connectivity index (χ2n) is 2.87. The molecule has 0 aliphatic heterocycles. The minimum Gasteiger partial charge on any atom is -0.481 e. The largest absolute Gasteiger partial charge is 0.481 e. The van der Waals surface area contributed by atoms with Crippen LogP contribution in [0.15, 0.2) is 0 Å². The number of amides is 1. The summed E-state index contributed by atoms with van der Waals surface area (Å²) in [4.78, 5) is 21.4. The van der Waals surface area contributed by atoms with Crippen LogP contribution in [0, 0.1) is 11.8 Å². The van der Waals surface area contributed by atoms with Crippen LogP contribution in [0.3, 0.4) is 0 Å². The third kappa shape index (κ3) is 1.94. The number of hydrogen-bond acceptors (Lipinski definition) is 3. The molecule has 0 radical (unpaired) electrons. The predicted molar refractivity (Wildman–Crippen MR) is 41.3 cm³/mol. The van der Waals surface area contributed by atoms with E-state index in [2.05, 4.69) is 5.32 Å². The Morgan fingerprint density at radius 2 is 2.17 bits per heavy atom. The molecule has 4 N–H and O–H groups in total. The van der Waals surface area contributed by atoms with Gasteiger partial charge in [0.1, 0.15) is 0 Å². The number of carboxylic acid groups (broad SMARTS) is 1. The topological polar surface area (TPSA) is 92.4 Å². The van der Waals surface area contributed by atoms with Crippen LogP contribution in [0.2, 0.25) is 0 Å². The van der Waals surface area contributed by atoms with Crippen LogP contribution in [0.1, 0.15) is 6.42 Å². The van der Waals surface area contributed by atoms with Gasteiger partial charge in [0, 0.05) is 13.1 Å². The number of nitrogens with two attached hydrogens (primary N) is 1. The Bertz CT molecular complexity index is 205. The lowest BCUT2D eigenvalue weighted by molar-refractivity contribution is -0.140. The third-order valence-corrected chi connectivity index (χ3v) is 1.89. The van der Waals surface area contributed by atoms with Crippen LogP contribution in [0.25, 0.3) is 0 Å². The lowest BCUT2D eigenvalue weighted by Gasteiger charge is -2.00. The quantitative estimate of drug-likeness (QED) is 0.495. The molecule has 0 aromatic rings. The first-order chi connectivity index (χ1) is 5.66. The average Bonchev–Trinajstić information content (AvgIpc) is 2.78. The van der Waals surface area contributed by atoms with E-state index in [0.29, 0.717) is 19.5 Å². The first kappa shape index (κ1) is 8.99. The zero-order valence-corrected chi connectivity index (χ0v) is 6.62. The maximum atomic E-state index is 11.0. The van der Waals surface area contributed by atoms with E-state index in [9.17, 15) is 9.59 Å². The number of aliphatic carboxylic acids is 1. The zero-order chi connectivity index (χ0) is 9.14. The van der Waals surface area contributed by atoms with Gasteiger partial charge in [-0.25, -0.2) is 0 Å². The van der Waals surface area contributed by atoms with E-state index in [0.717, 1.165) is 0 Å². The molecule has 0 heterocycles. The van der Waals surface area contributed by atoms with Gasteiger partial charge >= 0.3 is 5.97 Å². The number of carboxylic acids is 1. The van der Waals surface area contributed by atoms with Crippen molar-refractivity contribution in [3.05, 3.63) is 0 Å². The van der Waals surface area contributed by atoms with Gasteiger partial charge in [-0.15, -0.1) is 0 Å². The summed E-state index contributed by atoms with van der Waals surface area (Å²) in [7, 11) is 0. The van der Waals surface area contributed by atoms with Gasteiger partial charge in [0.25, 0.3) is 0 Å². The van der Waals surface area contributed by atoms with Crippen LogP contribution < -0.4 is 11.1 Å². The van der Waals surface area contributed by atoms with Crippen LogP contribution in [-0.4, -0.2) is 30.1 Å². The van der Waals surface area contributed by atoms with Crippen molar-refractivity contribution in [3.8, 4) is 0 Å². The number of nitrogens with one attached hydrogen (secondary N) is 1. The molecule has 5 nitrogen and oxygen atoms in total. The molecule has 1 amide bonds. The monoisotopic (exact) mass is 172 g/mol. The third-order valence-electron chi connectivity index (χ3n) is 1.89. The summed E-state index contributed by atoms with van der Waals surface area (Å²) >= 11 is 0. The Morgan fingerprint density at radius 1 is 1.50 bits per heavy atom. The Kier molecular flexibility index (Phi) is 2.65. The van der Waals surface area contributed by atoms with E-state index in [-0.39, 0.29) is 11.8 Å². The number of carbonyl (C=O) groups is 2. The molecule has 1 aliphatic rings. The summed E-state index contributed by atoms with van der Waals surface area (Å²) in [6.07, 6.45) is 0.464. The normalized spacial score (nSPS) is 26.4. The number of hydrogen-bond donors (Lipinski definition) is 3. The molecule has 1 fully saturated rings. The summed E-state index contributed by atoms with van der Waals surface area (Å²) in [6, 6.07) is 0. The van der Waals surface area contributed by atoms with Crippen LogP contribution in [0.4, 0.5) is 0 Å². The Labute approximate surface area is 69.9 Å². The molecule has 0 saturated heterocycles. The summed E-state index contributed by atoms with van der Waals surface area (Å²) in [6.45, 7) is 0.803. The van der Waals surface area contributed by atoms with Crippen LogP contribution in [0.5, 0.6) is 0 Å². The highest BCUT2D eigenvalue weighted by atomic mass is 16.4. The molecule has 0 aromatic heterocycles. The van der Waals surface area contributed by atoms with Gasteiger partial charge in [-0.05, 0) is 6.42 Å². The molecular weight excluding hydrogens is 160 g/mol. The standard InChI is InChI=1S/C7H12N2O3/c8-1-2-9-6(10)4-3-5(4)7(11)12/h4-5H,1-3,8H2,(H,9,10)(H,11,12)/t4-,5+/m1/s1. The Balaban J connectivity index is 2.24. The van der Waals surface area contributed by atoms with Crippen molar-refractivity contribution < 1.29 is 14.7 Å². The van der Waals surface area contributed by atoms with Crippen molar-refractivity contribution in [2.24, 2.45) is 17.6 Å². The fraction of sp³-hybridized carbons (Fsp3) is 0.714. The van der Waals surface area contributed by atoms with Gasteiger partial charge in [-0.2, -0.15) is 0 Å². The molecule has 5 heteroatoms. The van der Waals surface area contributed by atoms with E-state index in [4.69, 9.17) is 10.8 Å². The van der Waals surface area contributed by atoms with Crippen molar-refractivity contribution in [1.29, 1.82) is 0 Å². The van der Waals surface area contributed by atoms with Gasteiger partial charge in [0.15, 0.2) is 0 Å². The smallest absolute Gasteiger partial charge is 0.307 e. The highest BCUT2D eigenvalue weighted by molar-refractivity contribution is 5.89. The molecule has 1 rings (SSSR count). The molecule has 0 aromatic carbocycles. The molecular formula is C7H12N2O3. The van der Waals surface area contributed by atoms with Gasteiger partial charge in [-0.1, -0.05) is 0 Å². The molecule has 68 valence electrons. The molecule has 0 unspecified atom stereocenters.